The van der Waals surface area contributed by atoms with Gasteiger partial charge in [0.1, 0.15) is 11.1 Å². The largest absolute Gasteiger partial charge is 0.462 e. The molecular weight excluding hydrogens is 508 g/mol. The summed E-state index contributed by atoms with van der Waals surface area (Å²) in [7, 11) is 0. The molecule has 0 unspecified atom stereocenters. The van der Waals surface area contributed by atoms with Crippen molar-refractivity contribution in [1.29, 1.82) is 5.26 Å². The van der Waals surface area contributed by atoms with E-state index < -0.39 is 28.6 Å². The van der Waals surface area contributed by atoms with Crippen molar-refractivity contribution in [2.75, 3.05) is 6.61 Å². The van der Waals surface area contributed by atoms with Crippen LogP contribution in [0.15, 0.2) is 52.9 Å². The first kappa shape index (κ1) is 28.8. The summed E-state index contributed by atoms with van der Waals surface area (Å²) < 4.78 is 17.0. The van der Waals surface area contributed by atoms with Crippen LogP contribution in [0.2, 0.25) is 0 Å². The van der Waals surface area contributed by atoms with Crippen LogP contribution in [0, 0.1) is 11.3 Å². The first-order chi connectivity index (χ1) is 19.0. The molecule has 40 heavy (non-hydrogen) atoms. The number of alkyl carbamates (subject to hydrolysis) is 1. The number of hydrogen-bond donors (Lipinski definition) is 1. The third-order valence-corrected chi connectivity index (χ3v) is 6.99. The minimum absolute atomic E-state index is 0.166. The van der Waals surface area contributed by atoms with Gasteiger partial charge in [0, 0.05) is 12.0 Å². The third kappa shape index (κ3) is 6.50. The van der Waals surface area contributed by atoms with Crippen molar-refractivity contribution in [3.8, 4) is 17.5 Å². The Hall–Kier alpha value is -4.19. The molecule has 1 heterocycles. The number of carbonyl (C=O) groups excluding carboxylic acids is 2. The first-order valence-corrected chi connectivity index (χ1v) is 13.6. The van der Waals surface area contributed by atoms with E-state index in [0.29, 0.717) is 30.4 Å². The van der Waals surface area contributed by atoms with Gasteiger partial charge in [0.2, 0.25) is 11.8 Å². The molecule has 1 N–H and O–H groups in total. The van der Waals surface area contributed by atoms with Crippen LogP contribution in [0.25, 0.3) is 11.5 Å². The van der Waals surface area contributed by atoms with E-state index in [9.17, 15) is 14.9 Å². The Morgan fingerprint density at radius 2 is 1.77 bits per heavy atom. The molecule has 3 aromatic rings. The normalized spacial score (nSPS) is 16.0. The highest BCUT2D eigenvalue weighted by Crippen LogP contribution is 2.42. The summed E-state index contributed by atoms with van der Waals surface area (Å²) in [6.07, 6.45) is 3.03. The molecule has 0 aliphatic heterocycles. The van der Waals surface area contributed by atoms with Gasteiger partial charge in [-0.1, -0.05) is 43.2 Å². The van der Waals surface area contributed by atoms with Crippen LogP contribution in [0.3, 0.4) is 0 Å². The van der Waals surface area contributed by atoms with Crippen LogP contribution in [-0.2, 0) is 26.8 Å². The molecule has 0 bridgehead atoms. The van der Waals surface area contributed by atoms with Crippen LogP contribution in [0.5, 0.6) is 0 Å². The Bertz CT molecular complexity index is 1400. The van der Waals surface area contributed by atoms with Gasteiger partial charge in [0.15, 0.2) is 0 Å². The smallest absolute Gasteiger partial charge is 0.408 e. The van der Waals surface area contributed by atoms with Crippen LogP contribution < -0.4 is 5.32 Å². The fourth-order valence-electron chi connectivity index (χ4n) is 5.07. The van der Waals surface area contributed by atoms with E-state index in [-0.39, 0.29) is 18.4 Å². The summed E-state index contributed by atoms with van der Waals surface area (Å²) in [5, 5.41) is 21.6. The van der Waals surface area contributed by atoms with Gasteiger partial charge in [-0.2, -0.15) is 5.26 Å². The van der Waals surface area contributed by atoms with E-state index in [0.717, 1.165) is 24.0 Å². The molecule has 0 radical (unpaired) electrons. The minimum Gasteiger partial charge on any atom is -0.462 e. The molecule has 9 nitrogen and oxygen atoms in total. The number of nitriles is 1. The molecule has 0 saturated heterocycles. The third-order valence-electron chi connectivity index (χ3n) is 6.99. The average Bonchev–Trinajstić information content (AvgIpc) is 3.59. The molecule has 1 fully saturated rings. The summed E-state index contributed by atoms with van der Waals surface area (Å²) in [5.41, 5.74) is 0.000300. The molecule has 4 rings (SSSR count). The van der Waals surface area contributed by atoms with Crippen LogP contribution in [0.4, 0.5) is 4.79 Å². The highest BCUT2D eigenvalue weighted by Gasteiger charge is 2.39. The molecule has 9 heteroatoms. The number of nitrogens with one attached hydrogen (secondary N) is 1. The molecule has 1 aliphatic rings. The van der Waals surface area contributed by atoms with Gasteiger partial charge in [-0.15, -0.1) is 10.2 Å². The van der Waals surface area contributed by atoms with Gasteiger partial charge in [0.25, 0.3) is 0 Å². The maximum atomic E-state index is 12.9. The summed E-state index contributed by atoms with van der Waals surface area (Å²) in [5.74, 6) is -0.146. The second-order valence-electron chi connectivity index (χ2n) is 11.5. The molecule has 210 valence electrons. The van der Waals surface area contributed by atoms with Crippen molar-refractivity contribution in [3.05, 3.63) is 71.1 Å². The zero-order valence-corrected chi connectivity index (χ0v) is 23.7. The Kier molecular flexibility index (Phi) is 8.29. The fourth-order valence-corrected chi connectivity index (χ4v) is 5.07. The zero-order valence-electron chi connectivity index (χ0n) is 23.7. The summed E-state index contributed by atoms with van der Waals surface area (Å²) in [6, 6.07) is 17.3. The standard InChI is InChI=1S/C31H36N4O5/c1-6-38-26(36)23-16-22(17-24(18-23)31(20-32)14-10-11-15-31)25-34-35-27(39-25)30(5,19-21-12-8-7-9-13-21)33-28(37)40-29(2,3)4/h7-9,12-13,16-18H,6,10-11,14-15,19H2,1-5H3,(H,33,37)/t30-/m0/s1. The predicted octanol–water partition coefficient (Wildman–Crippen LogP) is 6.23. The van der Waals surface area contributed by atoms with Crippen molar-refractivity contribution in [2.45, 2.75) is 83.3 Å². The van der Waals surface area contributed by atoms with Crippen molar-refractivity contribution < 1.29 is 23.5 Å². The number of aromatic nitrogens is 2. The van der Waals surface area contributed by atoms with Crippen molar-refractivity contribution >= 4 is 12.1 Å². The quantitative estimate of drug-likeness (QED) is 0.331. The molecule has 1 aromatic heterocycles. The SMILES string of the molecule is CCOC(=O)c1cc(-c2nnc([C@](C)(Cc3ccccc3)NC(=O)OC(C)(C)C)o2)cc(C2(C#N)CCCC2)c1. The summed E-state index contributed by atoms with van der Waals surface area (Å²) in [6.45, 7) is 9.13. The first-order valence-electron chi connectivity index (χ1n) is 13.6. The van der Waals surface area contributed by atoms with Crippen LogP contribution >= 0.6 is 0 Å². The van der Waals surface area contributed by atoms with E-state index in [1.54, 1.807) is 46.8 Å². The van der Waals surface area contributed by atoms with E-state index in [4.69, 9.17) is 13.9 Å². The number of rotatable bonds is 8. The maximum Gasteiger partial charge on any atom is 0.408 e. The minimum atomic E-state index is -1.10. The van der Waals surface area contributed by atoms with Gasteiger partial charge in [0.05, 0.1) is 23.7 Å². The maximum absolute atomic E-state index is 12.9. The van der Waals surface area contributed by atoms with Gasteiger partial charge in [-0.05, 0) is 76.8 Å². The number of nitrogens with zero attached hydrogens (tertiary/aromatic N) is 3. The molecule has 1 saturated carbocycles. The number of ether oxygens (including phenoxy) is 2. The van der Waals surface area contributed by atoms with E-state index in [1.165, 1.54) is 0 Å². The van der Waals surface area contributed by atoms with Gasteiger partial charge >= 0.3 is 12.1 Å². The molecule has 1 atom stereocenters. The Labute approximate surface area is 234 Å². The Balaban J connectivity index is 1.76. The molecule has 2 aromatic carbocycles. The second kappa shape index (κ2) is 11.5. The van der Waals surface area contributed by atoms with Crippen LogP contribution in [0.1, 0.15) is 87.7 Å². The van der Waals surface area contributed by atoms with Gasteiger partial charge < -0.3 is 19.2 Å². The van der Waals surface area contributed by atoms with E-state index >= 15 is 0 Å². The van der Waals surface area contributed by atoms with E-state index in [1.807, 2.05) is 36.4 Å². The monoisotopic (exact) mass is 544 g/mol. The Morgan fingerprint density at radius 1 is 1.07 bits per heavy atom. The summed E-state index contributed by atoms with van der Waals surface area (Å²) >= 11 is 0. The average molecular weight is 545 g/mol. The lowest BCUT2D eigenvalue weighted by Crippen LogP contribution is -2.47. The second-order valence-corrected chi connectivity index (χ2v) is 11.5. The van der Waals surface area contributed by atoms with Gasteiger partial charge in [-0.3, -0.25) is 0 Å². The van der Waals surface area contributed by atoms with Crippen molar-refractivity contribution in [1.82, 2.24) is 15.5 Å². The summed E-state index contributed by atoms with van der Waals surface area (Å²) in [4.78, 5) is 25.6. The molecule has 1 amide bonds. The van der Waals surface area contributed by atoms with Crippen molar-refractivity contribution in [3.63, 3.8) is 0 Å². The molecular formula is C31H36N4O5. The number of esters is 1. The topological polar surface area (TPSA) is 127 Å². The van der Waals surface area contributed by atoms with Crippen LogP contribution in [-0.4, -0.2) is 34.5 Å². The lowest BCUT2D eigenvalue weighted by atomic mass is 9.79. The fraction of sp³-hybridized carbons (Fsp3) is 0.452. The number of benzene rings is 2. The molecule has 0 spiro atoms. The number of carbonyl (C=O) groups is 2. The highest BCUT2D eigenvalue weighted by molar-refractivity contribution is 5.91. The highest BCUT2D eigenvalue weighted by atomic mass is 16.6. The van der Waals surface area contributed by atoms with Gasteiger partial charge in [-0.25, -0.2) is 9.59 Å². The predicted molar refractivity (Wildman–Crippen MR) is 148 cm³/mol. The van der Waals surface area contributed by atoms with E-state index in [2.05, 4.69) is 21.6 Å². The lowest BCUT2D eigenvalue weighted by Gasteiger charge is -2.29. The lowest BCUT2D eigenvalue weighted by molar-refractivity contribution is 0.0442. The Morgan fingerprint density at radius 3 is 2.40 bits per heavy atom. The number of amides is 1. The molecule has 1 aliphatic carbocycles. The van der Waals surface area contributed by atoms with Crippen molar-refractivity contribution in [2.24, 2.45) is 0 Å². The zero-order chi connectivity index (χ0) is 29.0. The number of hydrogen-bond acceptors (Lipinski definition) is 8.